The minimum Gasteiger partial charge on any atom is -0.375 e. The zero-order valence-electron chi connectivity index (χ0n) is 23.4. The predicted molar refractivity (Wildman–Crippen MR) is 160 cm³/mol. The summed E-state index contributed by atoms with van der Waals surface area (Å²) in [5.74, 6) is -2.91. The molecule has 3 aromatic carbocycles. The third kappa shape index (κ3) is 11.7. The maximum absolute atomic E-state index is 13.2. The number of Topliss-reactive ketones (excluding diaryl/α,β-unsaturated/α-hetero) is 1. The van der Waals surface area contributed by atoms with Gasteiger partial charge in [0.1, 0.15) is 12.1 Å². The average molecular weight is 631 g/mol. The average Bonchev–Trinajstić information content (AvgIpc) is 2.99. The summed E-state index contributed by atoms with van der Waals surface area (Å²) >= 11 is 0. The molecule has 43 heavy (non-hydrogen) atoms. The third-order valence-electron chi connectivity index (χ3n) is 5.96. The number of benzene rings is 3. The molecule has 3 aromatic rings. The van der Waals surface area contributed by atoms with E-state index in [9.17, 15) is 31.2 Å². The number of hydrogen-bond acceptors (Lipinski definition) is 8. The summed E-state index contributed by atoms with van der Waals surface area (Å²) in [5.41, 5.74) is 1.44. The molecule has 12 nitrogen and oxygen atoms in total. The zero-order valence-corrected chi connectivity index (χ0v) is 25.1. The maximum atomic E-state index is 13.2. The molecule has 2 amide bonds. The number of nitrogens with one attached hydrogen (secondary N) is 4. The van der Waals surface area contributed by atoms with Crippen LogP contribution in [0.4, 0.5) is 0 Å². The number of ketones is 1. The van der Waals surface area contributed by atoms with Crippen molar-refractivity contribution in [1.29, 1.82) is 0 Å². The van der Waals surface area contributed by atoms with Crippen molar-refractivity contribution < 1.29 is 36.0 Å². The second kappa shape index (κ2) is 16.0. The fraction of sp³-hybridized carbons (Fsp3) is 0.276. The smallest absolute Gasteiger partial charge is 0.289 e. The first kappa shape index (κ1) is 33.6. The third-order valence-corrected chi connectivity index (χ3v) is 8.15. The Kier molecular flexibility index (Phi) is 12.5. The van der Waals surface area contributed by atoms with Crippen LogP contribution in [0.3, 0.4) is 0 Å². The van der Waals surface area contributed by atoms with Gasteiger partial charge in [-0.05, 0) is 23.3 Å². The molecule has 0 unspecified atom stereocenters. The lowest BCUT2D eigenvalue weighted by atomic mass is 10.0. The van der Waals surface area contributed by atoms with Gasteiger partial charge in [0, 0.05) is 19.5 Å². The van der Waals surface area contributed by atoms with Crippen molar-refractivity contribution in [3.8, 4) is 0 Å². The van der Waals surface area contributed by atoms with E-state index in [4.69, 9.17) is 4.74 Å². The fourth-order valence-corrected chi connectivity index (χ4v) is 5.66. The Labute approximate surface area is 251 Å². The maximum Gasteiger partial charge on any atom is 0.289 e. The molecule has 0 fully saturated rings. The number of rotatable bonds is 17. The van der Waals surface area contributed by atoms with Crippen LogP contribution in [-0.2, 0) is 52.2 Å². The number of sulfonamides is 2. The van der Waals surface area contributed by atoms with E-state index in [1.165, 1.54) is 12.1 Å². The lowest BCUT2D eigenvalue weighted by Gasteiger charge is -2.22. The molecule has 0 saturated heterocycles. The predicted octanol–water partition coefficient (Wildman–Crippen LogP) is 0.512. The van der Waals surface area contributed by atoms with Gasteiger partial charge in [-0.25, -0.2) is 26.3 Å². The van der Waals surface area contributed by atoms with Crippen LogP contribution in [-0.4, -0.2) is 72.5 Å². The SMILES string of the molecule is CS(=O)(=O)N[C@H](COCc1ccccc1)C(=O)N[C@@H](Cc1ccccc1)C(=O)C(=O)NCCNS(=O)(=O)c1ccccc1. The van der Waals surface area contributed by atoms with Gasteiger partial charge in [0.2, 0.25) is 31.7 Å². The number of amides is 2. The molecule has 0 saturated carbocycles. The van der Waals surface area contributed by atoms with Gasteiger partial charge in [-0.15, -0.1) is 0 Å². The van der Waals surface area contributed by atoms with Crippen LogP contribution in [0.2, 0.25) is 0 Å². The van der Waals surface area contributed by atoms with Crippen molar-refractivity contribution in [3.63, 3.8) is 0 Å². The summed E-state index contributed by atoms with van der Waals surface area (Å²) in [6.45, 7) is -0.619. The quantitative estimate of drug-likeness (QED) is 0.123. The Morgan fingerprint density at radius 1 is 0.744 bits per heavy atom. The van der Waals surface area contributed by atoms with E-state index in [1.807, 2.05) is 6.07 Å². The fourth-order valence-electron chi connectivity index (χ4n) is 3.91. The highest BCUT2D eigenvalue weighted by Gasteiger charge is 2.31. The Balaban J connectivity index is 1.66. The first-order valence-corrected chi connectivity index (χ1v) is 16.6. The first-order valence-electron chi connectivity index (χ1n) is 13.2. The van der Waals surface area contributed by atoms with E-state index in [0.717, 1.165) is 11.8 Å². The molecule has 230 valence electrons. The molecular weight excluding hydrogens is 596 g/mol. The van der Waals surface area contributed by atoms with Gasteiger partial charge >= 0.3 is 0 Å². The molecule has 0 spiro atoms. The van der Waals surface area contributed by atoms with Crippen molar-refractivity contribution in [2.75, 3.05) is 26.0 Å². The first-order chi connectivity index (χ1) is 20.4. The zero-order chi connectivity index (χ0) is 31.3. The Bertz CT molecular complexity index is 1570. The highest BCUT2D eigenvalue weighted by Crippen LogP contribution is 2.08. The van der Waals surface area contributed by atoms with E-state index in [0.29, 0.717) is 5.56 Å². The number of carbonyl (C=O) groups is 3. The van der Waals surface area contributed by atoms with Crippen molar-refractivity contribution in [2.24, 2.45) is 0 Å². The van der Waals surface area contributed by atoms with Gasteiger partial charge in [0.15, 0.2) is 0 Å². The van der Waals surface area contributed by atoms with Crippen LogP contribution >= 0.6 is 0 Å². The van der Waals surface area contributed by atoms with E-state index in [2.05, 4.69) is 20.1 Å². The van der Waals surface area contributed by atoms with Crippen LogP contribution in [0.1, 0.15) is 11.1 Å². The molecule has 2 atom stereocenters. The molecule has 0 bridgehead atoms. The van der Waals surface area contributed by atoms with Crippen LogP contribution in [0.15, 0.2) is 95.9 Å². The largest absolute Gasteiger partial charge is 0.375 e. The second-order valence-corrected chi connectivity index (χ2v) is 13.1. The van der Waals surface area contributed by atoms with Crippen LogP contribution < -0.4 is 20.1 Å². The van der Waals surface area contributed by atoms with Gasteiger partial charge in [-0.2, -0.15) is 0 Å². The summed E-state index contributed by atoms with van der Waals surface area (Å²) in [4.78, 5) is 39.2. The monoisotopic (exact) mass is 630 g/mol. The summed E-state index contributed by atoms with van der Waals surface area (Å²) < 4.78 is 58.8. The Morgan fingerprint density at radius 3 is 1.88 bits per heavy atom. The van der Waals surface area contributed by atoms with Crippen molar-refractivity contribution in [3.05, 3.63) is 102 Å². The lowest BCUT2D eigenvalue weighted by molar-refractivity contribution is -0.140. The molecule has 0 heterocycles. The molecule has 4 N–H and O–H groups in total. The topological polar surface area (TPSA) is 177 Å². The molecule has 3 rings (SSSR count). The van der Waals surface area contributed by atoms with Crippen molar-refractivity contribution in [1.82, 2.24) is 20.1 Å². The van der Waals surface area contributed by atoms with E-state index in [1.54, 1.807) is 72.8 Å². The number of carbonyl (C=O) groups excluding carboxylic acids is 3. The molecule has 0 aliphatic carbocycles. The number of ether oxygens (including phenoxy) is 1. The molecule has 14 heteroatoms. The van der Waals surface area contributed by atoms with E-state index >= 15 is 0 Å². The van der Waals surface area contributed by atoms with Crippen LogP contribution in [0.5, 0.6) is 0 Å². The van der Waals surface area contributed by atoms with Crippen molar-refractivity contribution >= 4 is 37.6 Å². The summed E-state index contributed by atoms with van der Waals surface area (Å²) in [6, 6.07) is 22.6. The summed E-state index contributed by atoms with van der Waals surface area (Å²) in [6.07, 6.45) is 0.826. The van der Waals surface area contributed by atoms with Gasteiger partial charge in [-0.3, -0.25) is 14.4 Å². The van der Waals surface area contributed by atoms with E-state index in [-0.39, 0.29) is 37.6 Å². The van der Waals surface area contributed by atoms with Gasteiger partial charge < -0.3 is 15.4 Å². The molecule has 0 aromatic heterocycles. The minimum atomic E-state index is -3.85. The highest BCUT2D eigenvalue weighted by atomic mass is 32.2. The lowest BCUT2D eigenvalue weighted by Crippen LogP contribution is -2.56. The summed E-state index contributed by atoms with van der Waals surface area (Å²) in [7, 11) is -7.67. The van der Waals surface area contributed by atoms with Crippen molar-refractivity contribution in [2.45, 2.75) is 30.0 Å². The Morgan fingerprint density at radius 2 is 1.30 bits per heavy atom. The molecular formula is C29H34N4O8S2. The molecule has 0 aliphatic heterocycles. The van der Waals surface area contributed by atoms with Gasteiger partial charge in [0.25, 0.3) is 5.91 Å². The minimum absolute atomic E-state index is 0.0491. The molecule has 0 radical (unpaired) electrons. The van der Waals surface area contributed by atoms with Crippen LogP contribution in [0, 0.1) is 0 Å². The van der Waals surface area contributed by atoms with Gasteiger partial charge in [-0.1, -0.05) is 78.9 Å². The normalized spacial score (nSPS) is 13.0. The second-order valence-electron chi connectivity index (χ2n) is 9.53. The highest BCUT2D eigenvalue weighted by molar-refractivity contribution is 7.89. The van der Waals surface area contributed by atoms with Crippen LogP contribution in [0.25, 0.3) is 0 Å². The van der Waals surface area contributed by atoms with Gasteiger partial charge in [0.05, 0.1) is 24.4 Å². The number of hydrogen-bond donors (Lipinski definition) is 4. The van der Waals surface area contributed by atoms with E-state index < -0.39 is 49.7 Å². The summed E-state index contributed by atoms with van der Waals surface area (Å²) in [5, 5.41) is 4.85. The molecule has 0 aliphatic rings. The Hall–Kier alpha value is -3.95. The standard InChI is InChI=1S/C29H34N4O8S2/c1-42(37,38)33-26(21-41-20-23-13-7-3-8-14-23)28(35)32-25(19-22-11-5-2-6-12-22)27(34)29(36)30-17-18-31-43(39,40)24-15-9-4-10-16-24/h2-16,25-26,31,33H,17-21H2,1H3,(H,30,36)(H,32,35)/t25-,26+/m0/s1.